The van der Waals surface area contributed by atoms with E-state index in [-0.39, 0.29) is 16.7 Å². The number of rotatable bonds is 6. The highest BCUT2D eigenvalue weighted by atomic mass is 32.2. The average Bonchev–Trinajstić information content (AvgIpc) is 3.09. The number of hydrogen-bond donors (Lipinski definition) is 1. The van der Waals surface area contributed by atoms with Crippen molar-refractivity contribution in [2.75, 3.05) is 12.8 Å². The number of nitro groups is 1. The van der Waals surface area contributed by atoms with Crippen LogP contribution in [0.15, 0.2) is 40.0 Å². The summed E-state index contributed by atoms with van der Waals surface area (Å²) in [6, 6.07) is 7.20. The molecular weight excluding hydrogens is 348 g/mol. The van der Waals surface area contributed by atoms with E-state index in [1.54, 1.807) is 19.2 Å². The van der Waals surface area contributed by atoms with Crippen LogP contribution in [0.25, 0.3) is 11.5 Å². The molecule has 0 atom stereocenters. The molecule has 0 radical (unpaired) electrons. The second kappa shape index (κ2) is 7.13. The first-order valence-electron chi connectivity index (χ1n) is 6.93. The van der Waals surface area contributed by atoms with E-state index in [0.717, 1.165) is 17.5 Å². The predicted molar refractivity (Wildman–Crippen MR) is 88.9 cm³/mol. The van der Waals surface area contributed by atoms with Crippen molar-refractivity contribution in [3.05, 3.63) is 46.5 Å². The number of methoxy groups -OCH3 is 1. The van der Waals surface area contributed by atoms with Crippen LogP contribution in [0, 0.1) is 10.1 Å². The van der Waals surface area contributed by atoms with Crippen molar-refractivity contribution in [2.45, 2.75) is 10.9 Å². The number of nitrogen functional groups attached to an aromatic ring is 1. The first kappa shape index (κ1) is 16.6. The number of aromatic nitrogens is 4. The fourth-order valence-corrected chi connectivity index (χ4v) is 2.53. The van der Waals surface area contributed by atoms with E-state index in [2.05, 4.69) is 20.2 Å². The zero-order valence-corrected chi connectivity index (χ0v) is 13.8. The lowest BCUT2D eigenvalue weighted by Crippen LogP contribution is -2.01. The number of benzene rings is 1. The lowest BCUT2D eigenvalue weighted by Gasteiger charge is -2.00. The van der Waals surface area contributed by atoms with E-state index < -0.39 is 4.92 Å². The molecule has 1 aromatic carbocycles. The fraction of sp³-hybridized carbons (Fsp3) is 0.143. The average molecular weight is 360 g/mol. The Morgan fingerprint density at radius 3 is 2.72 bits per heavy atom. The summed E-state index contributed by atoms with van der Waals surface area (Å²) in [5.74, 6) is 1.60. The maximum Gasteiger partial charge on any atom is 0.329 e. The summed E-state index contributed by atoms with van der Waals surface area (Å²) in [6.45, 7) is 0. The molecule has 0 fully saturated rings. The van der Waals surface area contributed by atoms with Crippen LogP contribution in [-0.2, 0) is 5.75 Å². The highest BCUT2D eigenvalue weighted by Gasteiger charge is 2.15. The minimum atomic E-state index is -0.636. The predicted octanol–water partition coefficient (Wildman–Crippen LogP) is 2.32. The van der Waals surface area contributed by atoms with Crippen molar-refractivity contribution < 1.29 is 14.1 Å². The first-order valence-corrected chi connectivity index (χ1v) is 7.92. The maximum absolute atomic E-state index is 10.7. The van der Waals surface area contributed by atoms with Gasteiger partial charge in [0.15, 0.2) is 5.16 Å². The molecular formula is C14H12N6O4S. The molecule has 0 unspecified atom stereocenters. The highest BCUT2D eigenvalue weighted by molar-refractivity contribution is 7.98. The van der Waals surface area contributed by atoms with E-state index in [1.807, 2.05) is 12.1 Å². The second-order valence-electron chi connectivity index (χ2n) is 4.70. The van der Waals surface area contributed by atoms with Gasteiger partial charge in [0, 0.05) is 5.56 Å². The molecule has 2 aromatic heterocycles. The molecule has 0 amide bonds. The van der Waals surface area contributed by atoms with Gasteiger partial charge in [-0.3, -0.25) is 10.1 Å². The second-order valence-corrected chi connectivity index (χ2v) is 5.64. The number of thioether (sulfide) groups is 1. The van der Waals surface area contributed by atoms with Crippen LogP contribution in [0.5, 0.6) is 5.75 Å². The van der Waals surface area contributed by atoms with E-state index in [1.165, 1.54) is 11.8 Å². The number of nitrogens with zero attached hydrogens (tertiary/aromatic N) is 5. The van der Waals surface area contributed by atoms with Crippen LogP contribution < -0.4 is 10.5 Å². The van der Waals surface area contributed by atoms with Gasteiger partial charge in [-0.15, -0.1) is 10.2 Å². The molecule has 0 spiro atoms. The van der Waals surface area contributed by atoms with Crippen molar-refractivity contribution in [2.24, 2.45) is 0 Å². The first-order chi connectivity index (χ1) is 12.1. The summed E-state index contributed by atoms with van der Waals surface area (Å²) in [4.78, 5) is 17.8. The molecule has 2 heterocycles. The Morgan fingerprint density at radius 1 is 1.32 bits per heavy atom. The summed E-state index contributed by atoms with van der Waals surface area (Å²) in [5.41, 5.74) is 5.96. The Kier molecular flexibility index (Phi) is 4.75. The van der Waals surface area contributed by atoms with Crippen LogP contribution >= 0.6 is 11.8 Å². The lowest BCUT2D eigenvalue weighted by atomic mass is 10.2. The summed E-state index contributed by atoms with van der Waals surface area (Å²) < 4.78 is 10.7. The van der Waals surface area contributed by atoms with Crippen molar-refractivity contribution in [3.8, 4) is 17.2 Å². The number of nitrogens with two attached hydrogens (primary N) is 1. The number of hydrogen-bond acceptors (Lipinski definition) is 10. The standard InChI is InChI=1S/C14H12N6O4S/c1-23-9-4-2-8(3-5-9)13-19-18-11(24-13)7-25-14-16-6-10(20(21)22)12(15)17-14/h2-6H,7H2,1H3,(H2,15,16,17). The molecule has 0 aliphatic carbocycles. The summed E-state index contributed by atoms with van der Waals surface area (Å²) in [5, 5.41) is 18.9. The molecule has 0 bridgehead atoms. The smallest absolute Gasteiger partial charge is 0.329 e. The van der Waals surface area contributed by atoms with Crippen LogP contribution in [0.3, 0.4) is 0 Å². The zero-order chi connectivity index (χ0) is 17.8. The normalized spacial score (nSPS) is 10.6. The molecule has 11 heteroatoms. The van der Waals surface area contributed by atoms with Gasteiger partial charge >= 0.3 is 5.69 Å². The Hall–Kier alpha value is -3.21. The monoisotopic (exact) mass is 360 g/mol. The third kappa shape index (κ3) is 3.83. The largest absolute Gasteiger partial charge is 0.497 e. The van der Waals surface area contributed by atoms with Gasteiger partial charge in [-0.1, -0.05) is 11.8 Å². The van der Waals surface area contributed by atoms with Gasteiger partial charge in [-0.05, 0) is 24.3 Å². The van der Waals surface area contributed by atoms with Gasteiger partial charge in [0.05, 0.1) is 17.8 Å². The van der Waals surface area contributed by atoms with Crippen LogP contribution in [0.2, 0.25) is 0 Å². The Balaban J connectivity index is 1.67. The van der Waals surface area contributed by atoms with Gasteiger partial charge in [-0.25, -0.2) is 4.98 Å². The zero-order valence-electron chi connectivity index (χ0n) is 12.9. The molecule has 2 N–H and O–H groups in total. The summed E-state index contributed by atoms with van der Waals surface area (Å²) in [7, 11) is 1.59. The van der Waals surface area contributed by atoms with E-state index in [4.69, 9.17) is 14.9 Å². The SMILES string of the molecule is COc1ccc(-c2nnc(CSc3ncc([N+](=O)[O-])c(N)n3)o2)cc1. The third-order valence-corrected chi connectivity index (χ3v) is 3.95. The number of anilines is 1. The molecule has 0 saturated carbocycles. The van der Waals surface area contributed by atoms with E-state index in [9.17, 15) is 10.1 Å². The van der Waals surface area contributed by atoms with Gasteiger partial charge < -0.3 is 14.9 Å². The van der Waals surface area contributed by atoms with E-state index in [0.29, 0.717) is 17.5 Å². The third-order valence-electron chi connectivity index (χ3n) is 3.10. The lowest BCUT2D eigenvalue weighted by molar-refractivity contribution is -0.384. The van der Waals surface area contributed by atoms with Crippen molar-refractivity contribution in [1.82, 2.24) is 20.2 Å². The van der Waals surface area contributed by atoms with Crippen LogP contribution in [0.1, 0.15) is 5.89 Å². The van der Waals surface area contributed by atoms with Gasteiger partial charge in [0.25, 0.3) is 0 Å². The van der Waals surface area contributed by atoms with Gasteiger partial charge in [-0.2, -0.15) is 4.98 Å². The minimum Gasteiger partial charge on any atom is -0.497 e. The van der Waals surface area contributed by atoms with Gasteiger partial charge in [0.2, 0.25) is 17.6 Å². The number of ether oxygens (including phenoxy) is 1. The molecule has 10 nitrogen and oxygen atoms in total. The van der Waals surface area contributed by atoms with Crippen LogP contribution in [-0.4, -0.2) is 32.2 Å². The molecule has 0 aliphatic rings. The Morgan fingerprint density at radius 2 is 2.08 bits per heavy atom. The van der Waals surface area contributed by atoms with Gasteiger partial charge in [0.1, 0.15) is 11.9 Å². The Labute approximate surface area is 145 Å². The quantitative estimate of drug-likeness (QED) is 0.301. The molecule has 0 aliphatic heterocycles. The van der Waals surface area contributed by atoms with Crippen LogP contribution in [0.4, 0.5) is 11.5 Å². The molecule has 0 saturated heterocycles. The molecule has 3 aromatic rings. The summed E-state index contributed by atoms with van der Waals surface area (Å²) in [6.07, 6.45) is 1.07. The summed E-state index contributed by atoms with van der Waals surface area (Å²) >= 11 is 1.18. The van der Waals surface area contributed by atoms with Crippen molar-refractivity contribution >= 4 is 23.3 Å². The van der Waals surface area contributed by atoms with E-state index >= 15 is 0 Å². The molecule has 25 heavy (non-hydrogen) atoms. The Bertz CT molecular complexity index is 899. The highest BCUT2D eigenvalue weighted by Crippen LogP contribution is 2.26. The molecule has 3 rings (SSSR count). The molecule has 128 valence electrons. The maximum atomic E-state index is 10.7. The van der Waals surface area contributed by atoms with Crippen molar-refractivity contribution in [3.63, 3.8) is 0 Å². The minimum absolute atomic E-state index is 0.188. The topological polar surface area (TPSA) is 143 Å². The fourth-order valence-electron chi connectivity index (χ4n) is 1.87. The van der Waals surface area contributed by atoms with Crippen molar-refractivity contribution in [1.29, 1.82) is 0 Å².